The number of aromatic nitrogens is 1. The summed E-state index contributed by atoms with van der Waals surface area (Å²) in [6.07, 6.45) is 0. The van der Waals surface area contributed by atoms with E-state index in [1.807, 2.05) is 41.0 Å². The molecule has 1 fully saturated rings. The number of amides is 2. The molecule has 1 N–H and O–H groups in total. The highest BCUT2D eigenvalue weighted by molar-refractivity contribution is 5.95. The van der Waals surface area contributed by atoms with E-state index in [4.69, 9.17) is 4.52 Å². The molecule has 0 spiro atoms. The molecule has 2 aromatic rings. The minimum atomic E-state index is -0.132. The molecule has 1 aliphatic heterocycles. The Bertz CT molecular complexity index is 763. The van der Waals surface area contributed by atoms with Crippen LogP contribution in [0.25, 0.3) is 0 Å². The van der Waals surface area contributed by atoms with Crippen molar-refractivity contribution in [2.45, 2.75) is 13.8 Å². The van der Waals surface area contributed by atoms with E-state index in [1.54, 1.807) is 13.0 Å². The summed E-state index contributed by atoms with van der Waals surface area (Å²) >= 11 is 0. The van der Waals surface area contributed by atoms with Crippen LogP contribution in [0.1, 0.15) is 21.7 Å². The Morgan fingerprint density at radius 1 is 1.16 bits per heavy atom. The molecule has 1 aromatic carbocycles. The lowest BCUT2D eigenvalue weighted by atomic mass is 10.1. The van der Waals surface area contributed by atoms with Crippen LogP contribution in [0, 0.1) is 13.8 Å². The van der Waals surface area contributed by atoms with Gasteiger partial charge in [0.15, 0.2) is 5.82 Å². The number of carbonyl (C=O) groups is 2. The van der Waals surface area contributed by atoms with Gasteiger partial charge in [0.05, 0.1) is 6.54 Å². The molecule has 7 nitrogen and oxygen atoms in total. The zero-order valence-electron chi connectivity index (χ0n) is 14.5. The molecule has 132 valence electrons. The average molecular weight is 342 g/mol. The third-order valence-corrected chi connectivity index (χ3v) is 4.30. The van der Waals surface area contributed by atoms with E-state index in [0.29, 0.717) is 37.8 Å². The maximum atomic E-state index is 12.6. The molecule has 7 heteroatoms. The van der Waals surface area contributed by atoms with Gasteiger partial charge in [-0.25, -0.2) is 0 Å². The Labute approximate surface area is 146 Å². The largest absolute Gasteiger partial charge is 0.360 e. The zero-order valence-corrected chi connectivity index (χ0v) is 14.5. The molecular weight excluding hydrogens is 320 g/mol. The molecule has 0 bridgehead atoms. The van der Waals surface area contributed by atoms with Gasteiger partial charge in [-0.15, -0.1) is 0 Å². The first-order valence-electron chi connectivity index (χ1n) is 8.33. The maximum Gasteiger partial charge on any atom is 0.254 e. The molecule has 0 radical (unpaired) electrons. The minimum Gasteiger partial charge on any atom is -0.360 e. The highest BCUT2D eigenvalue weighted by Crippen LogP contribution is 2.13. The quantitative estimate of drug-likeness (QED) is 0.915. The molecule has 1 aliphatic rings. The van der Waals surface area contributed by atoms with Crippen molar-refractivity contribution in [3.05, 3.63) is 47.2 Å². The Hall–Kier alpha value is -2.67. The number of hydrogen-bond donors (Lipinski definition) is 1. The predicted octanol–water partition coefficient (Wildman–Crippen LogP) is 1.69. The second kappa shape index (κ2) is 7.48. The molecular formula is C18H22N4O3. The van der Waals surface area contributed by atoms with Crippen molar-refractivity contribution in [2.75, 3.05) is 38.0 Å². The fourth-order valence-electron chi connectivity index (χ4n) is 2.90. The van der Waals surface area contributed by atoms with E-state index >= 15 is 0 Å². The number of piperazine rings is 1. The van der Waals surface area contributed by atoms with Crippen LogP contribution in [-0.2, 0) is 4.79 Å². The van der Waals surface area contributed by atoms with Gasteiger partial charge in [-0.1, -0.05) is 23.4 Å². The number of benzene rings is 1. The second-order valence-electron chi connectivity index (χ2n) is 6.25. The van der Waals surface area contributed by atoms with Crippen molar-refractivity contribution >= 4 is 17.6 Å². The monoisotopic (exact) mass is 342 g/mol. The van der Waals surface area contributed by atoms with E-state index < -0.39 is 0 Å². The van der Waals surface area contributed by atoms with E-state index in [0.717, 1.165) is 11.1 Å². The highest BCUT2D eigenvalue weighted by Gasteiger charge is 2.24. The van der Waals surface area contributed by atoms with Gasteiger partial charge in [0.25, 0.3) is 5.91 Å². The summed E-state index contributed by atoms with van der Waals surface area (Å²) in [5, 5.41) is 6.46. The fraction of sp³-hybridized carbons (Fsp3) is 0.389. The Morgan fingerprint density at radius 2 is 1.88 bits per heavy atom. The Balaban J connectivity index is 1.49. The van der Waals surface area contributed by atoms with Crippen LogP contribution in [0.3, 0.4) is 0 Å². The van der Waals surface area contributed by atoms with Gasteiger partial charge in [-0.05, 0) is 25.5 Å². The standard InChI is InChI=1S/C18H22N4O3/c1-13-5-3-4-6-15(13)18(24)22-9-7-21(8-10-22)12-17(23)19-16-11-14(2)25-20-16/h3-6,11H,7-10,12H2,1-2H3,(H,19,20,23). The normalized spacial score (nSPS) is 15.2. The molecule has 0 unspecified atom stereocenters. The summed E-state index contributed by atoms with van der Waals surface area (Å²) in [6.45, 7) is 6.56. The molecule has 1 saturated heterocycles. The first kappa shape index (κ1) is 17.2. The fourth-order valence-corrected chi connectivity index (χ4v) is 2.90. The van der Waals surface area contributed by atoms with Crippen LogP contribution in [0.4, 0.5) is 5.82 Å². The average Bonchev–Trinajstić information content (AvgIpc) is 3.00. The molecule has 3 rings (SSSR count). The molecule has 2 amide bonds. The van der Waals surface area contributed by atoms with Gasteiger partial charge >= 0.3 is 0 Å². The topological polar surface area (TPSA) is 78.7 Å². The number of carbonyl (C=O) groups excluding carboxylic acids is 2. The summed E-state index contributed by atoms with van der Waals surface area (Å²) < 4.78 is 4.92. The van der Waals surface area contributed by atoms with Crippen LogP contribution in [0.5, 0.6) is 0 Å². The van der Waals surface area contributed by atoms with Crippen molar-refractivity contribution in [2.24, 2.45) is 0 Å². The third kappa shape index (κ3) is 4.24. The summed E-state index contributed by atoms with van der Waals surface area (Å²) in [6, 6.07) is 9.29. The molecule has 2 heterocycles. The van der Waals surface area contributed by atoms with Crippen LogP contribution >= 0.6 is 0 Å². The van der Waals surface area contributed by atoms with E-state index in [-0.39, 0.29) is 18.4 Å². The van der Waals surface area contributed by atoms with Gasteiger partial charge in [-0.3, -0.25) is 14.5 Å². The molecule has 1 aromatic heterocycles. The number of rotatable bonds is 4. The van der Waals surface area contributed by atoms with E-state index in [9.17, 15) is 9.59 Å². The molecule has 0 saturated carbocycles. The predicted molar refractivity (Wildman–Crippen MR) is 93.4 cm³/mol. The smallest absolute Gasteiger partial charge is 0.254 e. The second-order valence-corrected chi connectivity index (χ2v) is 6.25. The van der Waals surface area contributed by atoms with Crippen molar-refractivity contribution in [1.29, 1.82) is 0 Å². The molecule has 25 heavy (non-hydrogen) atoms. The highest BCUT2D eigenvalue weighted by atomic mass is 16.5. The number of hydrogen-bond acceptors (Lipinski definition) is 5. The third-order valence-electron chi connectivity index (χ3n) is 4.30. The van der Waals surface area contributed by atoms with Gasteiger partial charge in [0, 0.05) is 37.8 Å². The van der Waals surface area contributed by atoms with Crippen molar-refractivity contribution < 1.29 is 14.1 Å². The molecule has 0 aliphatic carbocycles. The van der Waals surface area contributed by atoms with Gasteiger partial charge in [0.1, 0.15) is 5.76 Å². The van der Waals surface area contributed by atoms with E-state index in [2.05, 4.69) is 10.5 Å². The number of nitrogens with zero attached hydrogens (tertiary/aromatic N) is 3. The summed E-state index contributed by atoms with van der Waals surface area (Å²) in [5.41, 5.74) is 1.73. The van der Waals surface area contributed by atoms with E-state index in [1.165, 1.54) is 0 Å². The lowest BCUT2D eigenvalue weighted by Crippen LogP contribution is -2.50. The van der Waals surface area contributed by atoms with Crippen LogP contribution in [0.2, 0.25) is 0 Å². The summed E-state index contributed by atoms with van der Waals surface area (Å²) in [5.74, 6) is 1.00. The van der Waals surface area contributed by atoms with Crippen LogP contribution < -0.4 is 5.32 Å². The SMILES string of the molecule is Cc1cc(NC(=O)CN2CCN(C(=O)c3ccccc3C)CC2)no1. The Morgan fingerprint density at radius 3 is 2.52 bits per heavy atom. The zero-order chi connectivity index (χ0) is 17.8. The lowest BCUT2D eigenvalue weighted by Gasteiger charge is -2.34. The molecule has 0 atom stereocenters. The number of aryl methyl sites for hydroxylation is 2. The number of nitrogens with one attached hydrogen (secondary N) is 1. The van der Waals surface area contributed by atoms with Crippen molar-refractivity contribution in [3.8, 4) is 0 Å². The van der Waals surface area contributed by atoms with Gasteiger partial charge in [0.2, 0.25) is 5.91 Å². The van der Waals surface area contributed by atoms with Crippen molar-refractivity contribution in [1.82, 2.24) is 15.0 Å². The minimum absolute atomic E-state index is 0.0558. The van der Waals surface area contributed by atoms with Crippen LogP contribution in [-0.4, -0.2) is 59.5 Å². The number of anilines is 1. The Kier molecular flexibility index (Phi) is 5.14. The van der Waals surface area contributed by atoms with Crippen molar-refractivity contribution in [3.63, 3.8) is 0 Å². The lowest BCUT2D eigenvalue weighted by molar-refractivity contribution is -0.117. The van der Waals surface area contributed by atoms with Gasteiger partial charge in [-0.2, -0.15) is 0 Å². The maximum absolute atomic E-state index is 12.6. The van der Waals surface area contributed by atoms with Crippen LogP contribution in [0.15, 0.2) is 34.9 Å². The summed E-state index contributed by atoms with van der Waals surface area (Å²) in [4.78, 5) is 28.5. The first-order valence-corrected chi connectivity index (χ1v) is 8.33. The van der Waals surface area contributed by atoms with Gasteiger partial charge < -0.3 is 14.7 Å². The first-order chi connectivity index (χ1) is 12.0. The summed E-state index contributed by atoms with van der Waals surface area (Å²) in [7, 11) is 0.